The SMILES string of the molecule is CC(C)(C)N(C(=O)O)[C@@H](CO)c1ccccc1. The van der Waals surface area contributed by atoms with Gasteiger partial charge in [-0.1, -0.05) is 30.3 Å². The van der Waals surface area contributed by atoms with Gasteiger partial charge in [0.1, 0.15) is 0 Å². The number of carboxylic acid groups (broad SMARTS) is 1. The van der Waals surface area contributed by atoms with Gasteiger partial charge in [0, 0.05) is 5.54 Å². The Hall–Kier alpha value is -1.55. The van der Waals surface area contributed by atoms with E-state index in [1.807, 2.05) is 51.1 Å². The van der Waals surface area contributed by atoms with Crippen LogP contribution in [0, 0.1) is 0 Å². The first-order valence-corrected chi connectivity index (χ1v) is 5.56. The summed E-state index contributed by atoms with van der Waals surface area (Å²) in [5.41, 5.74) is 0.238. The van der Waals surface area contributed by atoms with Gasteiger partial charge in [0.25, 0.3) is 0 Å². The molecule has 1 atom stereocenters. The third kappa shape index (κ3) is 3.20. The molecule has 4 nitrogen and oxygen atoms in total. The minimum absolute atomic E-state index is 0.229. The first-order chi connectivity index (χ1) is 7.88. The van der Waals surface area contributed by atoms with Gasteiger partial charge < -0.3 is 10.2 Å². The molecule has 1 rings (SSSR count). The van der Waals surface area contributed by atoms with Crippen molar-refractivity contribution in [1.82, 2.24) is 4.90 Å². The number of benzene rings is 1. The van der Waals surface area contributed by atoms with Crippen LogP contribution in [0.15, 0.2) is 30.3 Å². The van der Waals surface area contributed by atoms with Crippen molar-refractivity contribution >= 4 is 6.09 Å². The van der Waals surface area contributed by atoms with Crippen LogP contribution >= 0.6 is 0 Å². The van der Waals surface area contributed by atoms with Crippen molar-refractivity contribution in [2.24, 2.45) is 0 Å². The van der Waals surface area contributed by atoms with Crippen LogP contribution in [0.4, 0.5) is 4.79 Å². The van der Waals surface area contributed by atoms with Gasteiger partial charge in [0.05, 0.1) is 12.6 Å². The minimum atomic E-state index is -1.03. The summed E-state index contributed by atoms with van der Waals surface area (Å²) in [6.07, 6.45) is -1.03. The van der Waals surface area contributed by atoms with Gasteiger partial charge in [-0.2, -0.15) is 0 Å². The predicted molar refractivity (Wildman–Crippen MR) is 65.9 cm³/mol. The minimum Gasteiger partial charge on any atom is -0.465 e. The van der Waals surface area contributed by atoms with Crippen LogP contribution in [0.3, 0.4) is 0 Å². The van der Waals surface area contributed by atoms with E-state index in [2.05, 4.69) is 0 Å². The standard InChI is InChI=1S/C13H19NO3/c1-13(2,3)14(12(16)17)11(9-15)10-7-5-4-6-8-10/h4-8,11,15H,9H2,1-3H3,(H,16,17)/t11-/m0/s1. The van der Waals surface area contributed by atoms with Crippen molar-refractivity contribution in [2.45, 2.75) is 32.4 Å². The number of aliphatic hydroxyl groups excluding tert-OH is 1. The predicted octanol–water partition coefficient (Wildman–Crippen LogP) is 2.50. The topological polar surface area (TPSA) is 60.8 Å². The van der Waals surface area contributed by atoms with Gasteiger partial charge in [-0.15, -0.1) is 0 Å². The fourth-order valence-corrected chi connectivity index (χ4v) is 1.90. The lowest BCUT2D eigenvalue weighted by Gasteiger charge is -2.39. The number of nitrogens with zero attached hydrogens (tertiary/aromatic N) is 1. The summed E-state index contributed by atoms with van der Waals surface area (Å²) >= 11 is 0. The van der Waals surface area contributed by atoms with E-state index in [4.69, 9.17) is 0 Å². The number of hydrogen-bond donors (Lipinski definition) is 2. The average Bonchev–Trinajstić information content (AvgIpc) is 2.24. The van der Waals surface area contributed by atoms with E-state index < -0.39 is 17.7 Å². The molecule has 0 spiro atoms. The van der Waals surface area contributed by atoms with E-state index >= 15 is 0 Å². The maximum absolute atomic E-state index is 11.3. The van der Waals surface area contributed by atoms with Gasteiger partial charge in [-0.3, -0.25) is 4.90 Å². The van der Waals surface area contributed by atoms with Gasteiger partial charge in [0.2, 0.25) is 0 Å². The van der Waals surface area contributed by atoms with Crippen molar-refractivity contribution in [1.29, 1.82) is 0 Å². The molecule has 0 heterocycles. The van der Waals surface area contributed by atoms with Gasteiger partial charge >= 0.3 is 6.09 Å². The summed E-state index contributed by atoms with van der Waals surface area (Å²) in [5, 5.41) is 18.7. The zero-order chi connectivity index (χ0) is 13.1. The molecule has 2 N–H and O–H groups in total. The zero-order valence-electron chi connectivity index (χ0n) is 10.4. The normalized spacial score (nSPS) is 13.2. The van der Waals surface area contributed by atoms with Crippen LogP contribution < -0.4 is 0 Å². The smallest absolute Gasteiger partial charge is 0.408 e. The Bertz CT molecular complexity index is 370. The molecule has 94 valence electrons. The first-order valence-electron chi connectivity index (χ1n) is 5.56. The molecule has 0 aliphatic carbocycles. The van der Waals surface area contributed by atoms with Crippen molar-refractivity contribution in [3.8, 4) is 0 Å². The van der Waals surface area contributed by atoms with Crippen molar-refractivity contribution in [2.75, 3.05) is 6.61 Å². The Balaban J connectivity index is 3.11. The number of hydrogen-bond acceptors (Lipinski definition) is 2. The molecule has 1 aromatic rings. The molecule has 0 bridgehead atoms. The van der Waals surface area contributed by atoms with E-state index in [1.54, 1.807) is 0 Å². The Morgan fingerprint density at radius 3 is 2.18 bits per heavy atom. The summed E-state index contributed by atoms with van der Waals surface area (Å²) in [5.74, 6) is 0. The molecule has 4 heteroatoms. The number of amides is 1. The number of rotatable bonds is 3. The zero-order valence-corrected chi connectivity index (χ0v) is 10.4. The largest absolute Gasteiger partial charge is 0.465 e. The molecule has 0 aromatic heterocycles. The summed E-state index contributed by atoms with van der Waals surface area (Å²) in [6, 6.07) is 8.64. The quantitative estimate of drug-likeness (QED) is 0.849. The molecule has 0 saturated heterocycles. The van der Waals surface area contributed by atoms with E-state index in [9.17, 15) is 15.0 Å². The molecule has 0 aliphatic heterocycles. The van der Waals surface area contributed by atoms with Crippen LogP contribution in [0.1, 0.15) is 32.4 Å². The summed E-state index contributed by atoms with van der Waals surface area (Å²) in [7, 11) is 0. The van der Waals surface area contributed by atoms with E-state index in [0.717, 1.165) is 5.56 Å². The second kappa shape index (κ2) is 5.19. The Labute approximate surface area is 101 Å². The Kier molecular flexibility index (Phi) is 4.12. The first kappa shape index (κ1) is 13.5. The lowest BCUT2D eigenvalue weighted by atomic mass is 9.99. The lowest BCUT2D eigenvalue weighted by Crippen LogP contribution is -2.48. The number of carbonyl (C=O) groups is 1. The van der Waals surface area contributed by atoms with Crippen LogP contribution in [-0.4, -0.2) is 33.4 Å². The molecule has 0 aliphatic rings. The lowest BCUT2D eigenvalue weighted by molar-refractivity contribution is 0.0458. The Morgan fingerprint density at radius 1 is 1.29 bits per heavy atom. The summed E-state index contributed by atoms with van der Waals surface area (Å²) < 4.78 is 0. The third-order valence-electron chi connectivity index (χ3n) is 2.60. The average molecular weight is 237 g/mol. The Morgan fingerprint density at radius 2 is 1.82 bits per heavy atom. The summed E-state index contributed by atoms with van der Waals surface area (Å²) in [4.78, 5) is 12.6. The molecule has 1 aromatic carbocycles. The highest BCUT2D eigenvalue weighted by Gasteiger charge is 2.33. The highest BCUT2D eigenvalue weighted by Crippen LogP contribution is 2.27. The van der Waals surface area contributed by atoms with Gasteiger partial charge in [-0.25, -0.2) is 4.79 Å². The fourth-order valence-electron chi connectivity index (χ4n) is 1.90. The fraction of sp³-hybridized carbons (Fsp3) is 0.462. The molecule has 0 saturated carbocycles. The molecule has 0 radical (unpaired) electrons. The highest BCUT2D eigenvalue weighted by atomic mass is 16.4. The van der Waals surface area contributed by atoms with Gasteiger partial charge in [-0.05, 0) is 26.3 Å². The highest BCUT2D eigenvalue weighted by molar-refractivity contribution is 5.67. The maximum Gasteiger partial charge on any atom is 0.408 e. The second-order valence-corrected chi connectivity index (χ2v) is 4.93. The van der Waals surface area contributed by atoms with Crippen molar-refractivity contribution in [3.05, 3.63) is 35.9 Å². The molecule has 17 heavy (non-hydrogen) atoms. The third-order valence-corrected chi connectivity index (χ3v) is 2.60. The number of aliphatic hydroxyl groups is 1. The maximum atomic E-state index is 11.3. The monoisotopic (exact) mass is 237 g/mol. The second-order valence-electron chi connectivity index (χ2n) is 4.93. The van der Waals surface area contributed by atoms with Crippen LogP contribution in [0.5, 0.6) is 0 Å². The van der Waals surface area contributed by atoms with Gasteiger partial charge in [0.15, 0.2) is 0 Å². The van der Waals surface area contributed by atoms with Crippen LogP contribution in [0.25, 0.3) is 0 Å². The van der Waals surface area contributed by atoms with Crippen LogP contribution in [0.2, 0.25) is 0 Å². The van der Waals surface area contributed by atoms with E-state index in [-0.39, 0.29) is 6.61 Å². The van der Waals surface area contributed by atoms with Crippen molar-refractivity contribution in [3.63, 3.8) is 0 Å². The molecule has 0 unspecified atom stereocenters. The van der Waals surface area contributed by atoms with Crippen LogP contribution in [-0.2, 0) is 0 Å². The molecule has 0 fully saturated rings. The summed E-state index contributed by atoms with van der Waals surface area (Å²) in [6.45, 7) is 5.21. The molecular weight excluding hydrogens is 218 g/mol. The molecular formula is C13H19NO3. The molecule has 1 amide bonds. The van der Waals surface area contributed by atoms with E-state index in [0.29, 0.717) is 0 Å². The van der Waals surface area contributed by atoms with E-state index in [1.165, 1.54) is 4.90 Å². The van der Waals surface area contributed by atoms with Crippen molar-refractivity contribution < 1.29 is 15.0 Å².